The van der Waals surface area contributed by atoms with E-state index in [4.69, 9.17) is 37.0 Å². The first-order valence-corrected chi connectivity index (χ1v) is 48.2. The molecule has 0 rings (SSSR count). The Morgan fingerprint density at radius 1 is 0.306 bits per heavy atom. The molecule has 108 heavy (non-hydrogen) atoms. The maximum absolute atomic E-state index is 13.2. The molecule has 0 heterocycles. The molecule has 638 valence electrons. The van der Waals surface area contributed by atoms with Gasteiger partial charge in [-0.25, -0.2) is 9.13 Å². The van der Waals surface area contributed by atoms with E-state index in [1.54, 1.807) is 0 Å². The highest BCUT2D eigenvalue weighted by Gasteiger charge is 2.30. The molecule has 3 N–H and O–H groups in total. The van der Waals surface area contributed by atoms with Gasteiger partial charge in [0.05, 0.1) is 26.4 Å². The number of phosphoric ester groups is 2. The zero-order valence-corrected chi connectivity index (χ0v) is 72.6. The maximum atomic E-state index is 13.2. The van der Waals surface area contributed by atoms with Crippen LogP contribution in [0.1, 0.15) is 447 Å². The van der Waals surface area contributed by atoms with Gasteiger partial charge in [0, 0.05) is 25.7 Å². The number of rotatable bonds is 85. The van der Waals surface area contributed by atoms with Crippen LogP contribution in [0.5, 0.6) is 0 Å². The molecule has 0 aromatic rings. The summed E-state index contributed by atoms with van der Waals surface area (Å²) in [6, 6.07) is 0. The third kappa shape index (κ3) is 80.2. The minimum Gasteiger partial charge on any atom is -0.462 e. The summed E-state index contributed by atoms with van der Waals surface area (Å²) in [6.07, 6.45) is 73.2. The molecule has 0 fully saturated rings. The van der Waals surface area contributed by atoms with Gasteiger partial charge in [-0.1, -0.05) is 394 Å². The Labute approximate surface area is 663 Å². The van der Waals surface area contributed by atoms with Gasteiger partial charge in [0.25, 0.3) is 0 Å². The SMILES string of the molecule is CCCCCC/C=C\C=C/CCCCCCCC(=O)O[C@H](COC(=O)CCCCCCCCCC(C)C)COP(=O)(O)OCC(O)COP(=O)(O)OC[C@@H](COC(=O)CCCCCCCCCCCCCCCCCCCCC(C)CC)OC(=O)CCCCCCCCCCCCCCCCCCCCC(C)C. The van der Waals surface area contributed by atoms with Crippen LogP contribution < -0.4 is 0 Å². The van der Waals surface area contributed by atoms with Gasteiger partial charge < -0.3 is 33.8 Å². The van der Waals surface area contributed by atoms with Gasteiger partial charge in [-0.3, -0.25) is 37.3 Å². The predicted octanol–water partition coefficient (Wildman–Crippen LogP) is 26.8. The highest BCUT2D eigenvalue weighted by molar-refractivity contribution is 7.47. The largest absolute Gasteiger partial charge is 0.472 e. The molecule has 17 nitrogen and oxygen atoms in total. The average molecular weight is 1570 g/mol. The molecular formula is C89H170O17P2. The topological polar surface area (TPSA) is 237 Å². The summed E-state index contributed by atoms with van der Waals surface area (Å²) in [4.78, 5) is 73.2. The van der Waals surface area contributed by atoms with Crippen molar-refractivity contribution < 1.29 is 80.2 Å². The highest BCUT2D eigenvalue weighted by atomic mass is 31.2. The lowest BCUT2D eigenvalue weighted by Gasteiger charge is -2.21. The normalized spacial score (nSPS) is 14.2. The van der Waals surface area contributed by atoms with Crippen molar-refractivity contribution in [2.24, 2.45) is 17.8 Å². The quantitative estimate of drug-likeness (QED) is 0.0169. The van der Waals surface area contributed by atoms with E-state index in [0.717, 1.165) is 121 Å². The van der Waals surface area contributed by atoms with Crippen molar-refractivity contribution in [3.8, 4) is 0 Å². The zero-order chi connectivity index (χ0) is 79.3. The van der Waals surface area contributed by atoms with Gasteiger partial charge in [-0.2, -0.15) is 0 Å². The monoisotopic (exact) mass is 1570 g/mol. The first kappa shape index (κ1) is 106. The third-order valence-electron chi connectivity index (χ3n) is 20.6. The third-order valence-corrected chi connectivity index (χ3v) is 22.5. The van der Waals surface area contributed by atoms with E-state index in [-0.39, 0.29) is 25.7 Å². The van der Waals surface area contributed by atoms with Crippen LogP contribution in [0, 0.1) is 17.8 Å². The Morgan fingerprint density at radius 2 is 0.546 bits per heavy atom. The molecule has 0 aliphatic heterocycles. The second-order valence-electron chi connectivity index (χ2n) is 32.5. The standard InChI is InChI=1S/C89H170O17P2/c1-8-10-11-12-13-14-15-16-25-33-38-43-50-58-65-72-89(94)106-85(77-100-87(92)71-64-57-52-45-47-54-61-68-81(5)6)79-104-108(97,98)102-75-83(90)74-101-107(95,96)103-78-84(105-88(93)73-66-59-51-44-39-34-29-24-19-17-21-26-30-35-40-46-53-60-67-80(3)4)76-99-86(91)70-63-56-49-42-37-32-28-23-20-18-22-27-31-36-41-48-55-62-69-82(7)9-2/h14-16,25,80-85,90H,8-13,17-24,26-79H2,1-7H3,(H,95,96)(H,97,98)/b15-14-,25-16-/t82?,83?,84-,85-/m1/s1. The van der Waals surface area contributed by atoms with Gasteiger partial charge >= 0.3 is 39.5 Å². The molecular weight excluding hydrogens is 1400 g/mol. The van der Waals surface area contributed by atoms with Crippen LogP contribution in [0.4, 0.5) is 0 Å². The molecule has 0 amide bonds. The summed E-state index contributed by atoms with van der Waals surface area (Å²) in [6.45, 7) is 12.0. The average Bonchev–Trinajstić information content (AvgIpc) is 0.897. The van der Waals surface area contributed by atoms with Gasteiger partial charge in [-0.15, -0.1) is 0 Å². The molecule has 6 atom stereocenters. The van der Waals surface area contributed by atoms with E-state index in [2.05, 4.69) is 72.8 Å². The van der Waals surface area contributed by atoms with Crippen molar-refractivity contribution in [1.82, 2.24) is 0 Å². The highest BCUT2D eigenvalue weighted by Crippen LogP contribution is 2.45. The second-order valence-corrected chi connectivity index (χ2v) is 35.4. The molecule has 0 spiro atoms. The van der Waals surface area contributed by atoms with Crippen molar-refractivity contribution in [3.63, 3.8) is 0 Å². The van der Waals surface area contributed by atoms with Gasteiger partial charge in [-0.05, 0) is 69.1 Å². The molecule has 0 aliphatic carbocycles. The fourth-order valence-corrected chi connectivity index (χ4v) is 14.9. The Kier molecular flexibility index (Phi) is 76.6. The molecule has 0 aliphatic rings. The number of carbonyl (C=O) groups excluding carboxylic acids is 4. The lowest BCUT2D eigenvalue weighted by atomic mass is 9.99. The van der Waals surface area contributed by atoms with Crippen LogP contribution in [0.3, 0.4) is 0 Å². The van der Waals surface area contributed by atoms with Crippen LogP contribution in [0.2, 0.25) is 0 Å². The Bertz CT molecular complexity index is 2180. The van der Waals surface area contributed by atoms with Crippen molar-refractivity contribution in [2.45, 2.75) is 465 Å². The number of aliphatic hydroxyl groups excluding tert-OH is 1. The zero-order valence-electron chi connectivity index (χ0n) is 70.8. The van der Waals surface area contributed by atoms with Crippen LogP contribution >= 0.6 is 15.6 Å². The van der Waals surface area contributed by atoms with E-state index in [1.165, 1.54) is 238 Å². The van der Waals surface area contributed by atoms with E-state index in [9.17, 15) is 43.2 Å². The van der Waals surface area contributed by atoms with Crippen LogP contribution in [-0.2, 0) is 65.4 Å². The molecule has 0 aromatic carbocycles. The fourth-order valence-electron chi connectivity index (χ4n) is 13.3. The Hall–Kier alpha value is -2.46. The van der Waals surface area contributed by atoms with Crippen LogP contribution in [0.25, 0.3) is 0 Å². The van der Waals surface area contributed by atoms with Crippen molar-refractivity contribution in [1.29, 1.82) is 0 Å². The molecule has 0 bridgehead atoms. The number of esters is 4. The fraction of sp³-hybridized carbons (Fsp3) is 0.910. The smallest absolute Gasteiger partial charge is 0.462 e. The number of hydrogen-bond donors (Lipinski definition) is 3. The minimum absolute atomic E-state index is 0.0844. The number of phosphoric acid groups is 2. The lowest BCUT2D eigenvalue weighted by molar-refractivity contribution is -0.161. The number of hydrogen-bond acceptors (Lipinski definition) is 15. The Balaban J connectivity index is 5.24. The van der Waals surface area contributed by atoms with E-state index in [1.807, 2.05) is 0 Å². The van der Waals surface area contributed by atoms with Crippen LogP contribution in [0.15, 0.2) is 24.3 Å². The number of aliphatic hydroxyl groups is 1. The molecule has 0 saturated carbocycles. The van der Waals surface area contributed by atoms with Crippen molar-refractivity contribution in [3.05, 3.63) is 24.3 Å². The van der Waals surface area contributed by atoms with Crippen LogP contribution in [-0.4, -0.2) is 96.7 Å². The number of carbonyl (C=O) groups is 4. The lowest BCUT2D eigenvalue weighted by Crippen LogP contribution is -2.30. The molecule has 0 aromatic heterocycles. The van der Waals surface area contributed by atoms with Gasteiger partial charge in [0.2, 0.25) is 0 Å². The van der Waals surface area contributed by atoms with E-state index >= 15 is 0 Å². The predicted molar refractivity (Wildman–Crippen MR) is 446 cm³/mol. The number of ether oxygens (including phenoxy) is 4. The molecule has 0 radical (unpaired) electrons. The first-order valence-electron chi connectivity index (χ1n) is 45.2. The van der Waals surface area contributed by atoms with E-state index < -0.39 is 97.5 Å². The van der Waals surface area contributed by atoms with Crippen molar-refractivity contribution >= 4 is 39.5 Å². The summed E-state index contributed by atoms with van der Waals surface area (Å²) >= 11 is 0. The second kappa shape index (κ2) is 78.4. The first-order chi connectivity index (χ1) is 52.3. The molecule has 4 unspecified atom stereocenters. The summed E-state index contributed by atoms with van der Waals surface area (Å²) in [5, 5.41) is 10.7. The van der Waals surface area contributed by atoms with Gasteiger partial charge in [0.15, 0.2) is 12.2 Å². The molecule has 19 heteroatoms. The minimum atomic E-state index is -4.97. The number of allylic oxidation sites excluding steroid dienone is 4. The Morgan fingerprint density at radius 3 is 0.824 bits per heavy atom. The summed E-state index contributed by atoms with van der Waals surface area (Å²) in [7, 11) is -9.94. The van der Waals surface area contributed by atoms with Gasteiger partial charge in [0.1, 0.15) is 19.3 Å². The maximum Gasteiger partial charge on any atom is 0.472 e. The summed E-state index contributed by atoms with van der Waals surface area (Å²) < 4.78 is 68.9. The van der Waals surface area contributed by atoms with E-state index in [0.29, 0.717) is 31.6 Å². The van der Waals surface area contributed by atoms with Crippen molar-refractivity contribution in [2.75, 3.05) is 39.6 Å². The molecule has 0 saturated heterocycles. The summed E-state index contributed by atoms with van der Waals surface area (Å²) in [5.41, 5.74) is 0. The summed E-state index contributed by atoms with van der Waals surface area (Å²) in [5.74, 6) is 0.260. The number of unbranched alkanes of at least 4 members (excludes halogenated alkanes) is 49.